The zero-order valence-corrected chi connectivity index (χ0v) is 24.7. The molecule has 0 amide bonds. The summed E-state index contributed by atoms with van der Waals surface area (Å²) in [6.45, 7) is 12.5. The molecule has 4 nitrogen and oxygen atoms in total. The number of hydrogen-bond acceptors (Lipinski definition) is 4. The summed E-state index contributed by atoms with van der Waals surface area (Å²) in [4.78, 5) is 23.3. The zero-order valence-electron chi connectivity index (χ0n) is 24.7. The molecule has 4 aromatic rings. The van der Waals surface area contributed by atoms with Crippen LogP contribution in [0, 0.1) is 6.92 Å². The van der Waals surface area contributed by atoms with Gasteiger partial charge in [-0.05, 0) is 84.0 Å². The Kier molecular flexibility index (Phi) is 10.2. The van der Waals surface area contributed by atoms with Crippen molar-refractivity contribution < 1.29 is 19.1 Å². The van der Waals surface area contributed by atoms with E-state index in [2.05, 4.69) is 80.8 Å². The van der Waals surface area contributed by atoms with Crippen LogP contribution < -0.4 is 9.47 Å². The molecule has 0 atom stereocenters. The molecule has 0 radical (unpaired) electrons. The van der Waals surface area contributed by atoms with E-state index in [0.29, 0.717) is 22.6 Å². The van der Waals surface area contributed by atoms with E-state index in [1.165, 1.54) is 5.56 Å². The van der Waals surface area contributed by atoms with Crippen LogP contribution in [-0.2, 0) is 9.59 Å². The molecule has 4 aromatic carbocycles. The van der Waals surface area contributed by atoms with E-state index in [-0.39, 0.29) is 0 Å². The number of benzene rings is 4. The van der Waals surface area contributed by atoms with Crippen molar-refractivity contribution in [2.75, 3.05) is 0 Å². The number of carbonyl (C=O) groups excluding carboxylic acids is 2. The van der Waals surface area contributed by atoms with Gasteiger partial charge in [0.1, 0.15) is 11.5 Å². The summed E-state index contributed by atoms with van der Waals surface area (Å²) in [6, 6.07) is 29.4. The molecule has 0 fully saturated rings. The van der Waals surface area contributed by atoms with E-state index in [1.807, 2.05) is 42.5 Å². The number of esters is 2. The predicted octanol–water partition coefficient (Wildman–Crippen LogP) is 9.47. The summed E-state index contributed by atoms with van der Waals surface area (Å²) in [5.74, 6) is 0.136. The van der Waals surface area contributed by atoms with Crippen LogP contribution in [0.5, 0.6) is 11.5 Å². The van der Waals surface area contributed by atoms with Gasteiger partial charge < -0.3 is 9.47 Å². The van der Waals surface area contributed by atoms with E-state index in [4.69, 9.17) is 9.47 Å². The molecule has 0 aliphatic carbocycles. The standard InChI is InChI=1S/C39H34O4/c1-27(2)38(40)42-36-22-16-32(17-23-36)11-8-30-6-9-31(10-7-30)14-20-35-21-15-34(26-29(35)5)13-12-33-18-24-37(25-19-33)43-39(41)28(3)4/h6-26H,1,3H2,2,4-5H3/b11-8+,13-12+,20-14+. The Morgan fingerprint density at radius 3 is 1.21 bits per heavy atom. The van der Waals surface area contributed by atoms with Crippen LogP contribution in [-0.4, -0.2) is 11.9 Å². The lowest BCUT2D eigenvalue weighted by molar-refractivity contribution is -0.130. The van der Waals surface area contributed by atoms with Crippen molar-refractivity contribution in [3.05, 3.63) is 154 Å². The SMILES string of the molecule is C=C(C)C(=O)Oc1ccc(/C=C/c2ccc(/C=C/c3ccc(/C=C/c4ccc(OC(=O)C(=C)C)cc4)cc3C)cc2)cc1. The van der Waals surface area contributed by atoms with Crippen molar-refractivity contribution in [3.8, 4) is 11.5 Å². The fourth-order valence-electron chi connectivity index (χ4n) is 3.96. The van der Waals surface area contributed by atoms with E-state index >= 15 is 0 Å². The first-order valence-corrected chi connectivity index (χ1v) is 13.9. The number of aryl methyl sites for hydroxylation is 1. The Morgan fingerprint density at radius 1 is 0.512 bits per heavy atom. The second kappa shape index (κ2) is 14.4. The number of hydrogen-bond donors (Lipinski definition) is 0. The molecular formula is C39H34O4. The van der Waals surface area contributed by atoms with Crippen molar-refractivity contribution in [3.63, 3.8) is 0 Å². The molecule has 0 saturated heterocycles. The first kappa shape index (κ1) is 30.5. The number of ether oxygens (including phenoxy) is 2. The number of carbonyl (C=O) groups is 2. The molecule has 214 valence electrons. The van der Waals surface area contributed by atoms with Crippen molar-refractivity contribution in [1.29, 1.82) is 0 Å². The van der Waals surface area contributed by atoms with E-state index in [1.54, 1.807) is 38.1 Å². The molecule has 4 heteroatoms. The molecule has 43 heavy (non-hydrogen) atoms. The Morgan fingerprint density at radius 2 is 0.837 bits per heavy atom. The molecule has 0 saturated carbocycles. The normalized spacial score (nSPS) is 11.2. The molecular weight excluding hydrogens is 532 g/mol. The molecule has 0 aliphatic rings. The van der Waals surface area contributed by atoms with Crippen LogP contribution in [0.4, 0.5) is 0 Å². The third kappa shape index (κ3) is 9.27. The maximum Gasteiger partial charge on any atom is 0.338 e. The van der Waals surface area contributed by atoms with Crippen LogP contribution in [0.1, 0.15) is 52.8 Å². The monoisotopic (exact) mass is 566 g/mol. The van der Waals surface area contributed by atoms with Gasteiger partial charge in [-0.25, -0.2) is 9.59 Å². The highest BCUT2D eigenvalue weighted by Gasteiger charge is 2.05. The minimum atomic E-state index is -0.428. The van der Waals surface area contributed by atoms with Crippen molar-refractivity contribution >= 4 is 48.4 Å². The summed E-state index contributed by atoms with van der Waals surface area (Å²) in [5.41, 5.74) is 8.39. The quantitative estimate of drug-likeness (QED) is 0.0830. The summed E-state index contributed by atoms with van der Waals surface area (Å²) in [6.07, 6.45) is 12.4. The third-order valence-electron chi connectivity index (χ3n) is 6.50. The second-order valence-electron chi connectivity index (χ2n) is 10.3. The predicted molar refractivity (Wildman–Crippen MR) is 178 cm³/mol. The molecule has 0 bridgehead atoms. The van der Waals surface area contributed by atoms with Crippen LogP contribution >= 0.6 is 0 Å². The highest BCUT2D eigenvalue weighted by molar-refractivity contribution is 5.89. The Hall–Kier alpha value is -5.48. The lowest BCUT2D eigenvalue weighted by Gasteiger charge is -2.04. The Balaban J connectivity index is 1.32. The van der Waals surface area contributed by atoms with Gasteiger partial charge in [0, 0.05) is 11.1 Å². The van der Waals surface area contributed by atoms with Gasteiger partial charge in [-0.2, -0.15) is 0 Å². The minimum Gasteiger partial charge on any atom is -0.423 e. The molecule has 0 heterocycles. The maximum absolute atomic E-state index is 11.7. The van der Waals surface area contributed by atoms with E-state index < -0.39 is 11.9 Å². The minimum absolute atomic E-state index is 0.366. The molecule has 0 aliphatic heterocycles. The van der Waals surface area contributed by atoms with Gasteiger partial charge in [-0.3, -0.25) is 0 Å². The summed E-state index contributed by atoms with van der Waals surface area (Å²) in [7, 11) is 0. The summed E-state index contributed by atoms with van der Waals surface area (Å²) < 4.78 is 10.5. The van der Waals surface area contributed by atoms with Crippen LogP contribution in [0.15, 0.2) is 115 Å². The molecule has 0 spiro atoms. The average molecular weight is 567 g/mol. The first-order chi connectivity index (χ1) is 20.7. The van der Waals surface area contributed by atoms with Crippen molar-refractivity contribution in [2.24, 2.45) is 0 Å². The fourth-order valence-corrected chi connectivity index (χ4v) is 3.96. The maximum atomic E-state index is 11.7. The van der Waals surface area contributed by atoms with E-state index in [9.17, 15) is 9.59 Å². The van der Waals surface area contributed by atoms with Crippen LogP contribution in [0.2, 0.25) is 0 Å². The molecule has 0 unspecified atom stereocenters. The number of rotatable bonds is 10. The van der Waals surface area contributed by atoms with Gasteiger partial charge >= 0.3 is 11.9 Å². The lowest BCUT2D eigenvalue weighted by Crippen LogP contribution is -2.07. The van der Waals surface area contributed by atoms with Crippen LogP contribution in [0.3, 0.4) is 0 Å². The third-order valence-corrected chi connectivity index (χ3v) is 6.50. The van der Waals surface area contributed by atoms with Gasteiger partial charge in [0.2, 0.25) is 0 Å². The Bertz CT molecular complexity index is 1720. The van der Waals surface area contributed by atoms with Gasteiger partial charge in [0.15, 0.2) is 0 Å². The average Bonchev–Trinajstić information content (AvgIpc) is 3.00. The lowest BCUT2D eigenvalue weighted by atomic mass is 10.0. The van der Waals surface area contributed by atoms with Gasteiger partial charge in [0.25, 0.3) is 0 Å². The van der Waals surface area contributed by atoms with Gasteiger partial charge in [-0.1, -0.05) is 116 Å². The second-order valence-corrected chi connectivity index (χ2v) is 10.3. The zero-order chi connectivity index (χ0) is 30.8. The first-order valence-electron chi connectivity index (χ1n) is 13.9. The van der Waals surface area contributed by atoms with Gasteiger partial charge in [0.05, 0.1) is 0 Å². The molecule has 0 aromatic heterocycles. The molecule has 0 N–H and O–H groups in total. The fraction of sp³-hybridized carbons (Fsp3) is 0.0769. The van der Waals surface area contributed by atoms with E-state index in [0.717, 1.165) is 33.4 Å². The topological polar surface area (TPSA) is 52.6 Å². The highest BCUT2D eigenvalue weighted by Crippen LogP contribution is 2.20. The summed E-state index contributed by atoms with van der Waals surface area (Å²) >= 11 is 0. The Labute approximate surface area is 253 Å². The van der Waals surface area contributed by atoms with Crippen molar-refractivity contribution in [2.45, 2.75) is 20.8 Å². The van der Waals surface area contributed by atoms with Crippen LogP contribution in [0.25, 0.3) is 36.5 Å². The smallest absolute Gasteiger partial charge is 0.338 e. The summed E-state index contributed by atoms with van der Waals surface area (Å²) in [5, 5.41) is 0. The largest absolute Gasteiger partial charge is 0.423 e. The van der Waals surface area contributed by atoms with Crippen molar-refractivity contribution in [1.82, 2.24) is 0 Å². The molecule has 4 rings (SSSR count). The van der Waals surface area contributed by atoms with Gasteiger partial charge in [-0.15, -0.1) is 0 Å². The highest BCUT2D eigenvalue weighted by atomic mass is 16.5.